The van der Waals surface area contributed by atoms with Gasteiger partial charge in [-0.15, -0.1) is 0 Å². The number of para-hydroxylation sites is 1. The molecule has 4 aromatic rings. The Hall–Kier alpha value is -2.86. The van der Waals surface area contributed by atoms with Crippen molar-refractivity contribution >= 4 is 28.9 Å². The number of rotatable bonds is 7. The standard InChI is InChI=1S/C28H27Cl2FN4/c29-26-13-12-25(20-27(26)30)34-17-15-33(16-18-34)14-4-5-23-19-28(21-8-10-22(31)11-9-21)35(32-23)24-6-2-1-3-7-24/h1-3,6-13,19-20H,4-5,14-18H2. The van der Waals surface area contributed by atoms with Crippen LogP contribution in [-0.2, 0) is 6.42 Å². The van der Waals surface area contributed by atoms with Crippen molar-refractivity contribution in [1.29, 1.82) is 0 Å². The van der Waals surface area contributed by atoms with E-state index < -0.39 is 0 Å². The third-order valence-corrected chi connectivity index (χ3v) is 7.19. The Labute approximate surface area is 215 Å². The lowest BCUT2D eigenvalue weighted by molar-refractivity contribution is 0.255. The summed E-state index contributed by atoms with van der Waals surface area (Å²) in [5.74, 6) is -0.237. The molecule has 0 bridgehead atoms. The summed E-state index contributed by atoms with van der Waals surface area (Å²) >= 11 is 12.3. The fourth-order valence-corrected chi connectivity index (χ4v) is 4.83. The zero-order chi connectivity index (χ0) is 24.2. The first-order valence-electron chi connectivity index (χ1n) is 11.9. The second-order valence-electron chi connectivity index (χ2n) is 8.81. The maximum atomic E-state index is 13.5. The fraction of sp³-hybridized carbons (Fsp3) is 0.250. The van der Waals surface area contributed by atoms with Crippen LogP contribution in [0.5, 0.6) is 0 Å². The number of nitrogens with zero attached hydrogens (tertiary/aromatic N) is 4. The largest absolute Gasteiger partial charge is 0.369 e. The van der Waals surface area contributed by atoms with Gasteiger partial charge in [0, 0.05) is 37.4 Å². The van der Waals surface area contributed by atoms with Gasteiger partial charge < -0.3 is 4.90 Å². The van der Waals surface area contributed by atoms with Gasteiger partial charge in [-0.25, -0.2) is 9.07 Å². The molecule has 1 saturated heterocycles. The highest BCUT2D eigenvalue weighted by molar-refractivity contribution is 6.42. The minimum absolute atomic E-state index is 0.237. The van der Waals surface area contributed by atoms with Gasteiger partial charge in [-0.05, 0) is 80.1 Å². The fourth-order valence-electron chi connectivity index (χ4n) is 4.54. The van der Waals surface area contributed by atoms with Crippen molar-refractivity contribution < 1.29 is 4.39 Å². The Morgan fingerprint density at radius 2 is 1.51 bits per heavy atom. The van der Waals surface area contributed by atoms with Gasteiger partial charge in [0.2, 0.25) is 0 Å². The minimum atomic E-state index is -0.237. The molecule has 1 aliphatic heterocycles. The van der Waals surface area contributed by atoms with Crippen LogP contribution in [0.1, 0.15) is 12.1 Å². The molecule has 1 aliphatic rings. The molecule has 5 rings (SSSR count). The maximum absolute atomic E-state index is 13.5. The number of piperazine rings is 1. The third kappa shape index (κ3) is 5.69. The third-order valence-electron chi connectivity index (χ3n) is 6.45. The SMILES string of the molecule is Fc1ccc(-c2cc(CCCN3CCN(c4ccc(Cl)c(Cl)c4)CC3)nn2-c2ccccc2)cc1. The highest BCUT2D eigenvalue weighted by Gasteiger charge is 2.18. The summed E-state index contributed by atoms with van der Waals surface area (Å²) in [6, 6.07) is 24.7. The van der Waals surface area contributed by atoms with Crippen LogP contribution in [0.3, 0.4) is 0 Å². The zero-order valence-corrected chi connectivity index (χ0v) is 20.9. The van der Waals surface area contributed by atoms with E-state index in [-0.39, 0.29) is 5.82 Å². The molecule has 7 heteroatoms. The smallest absolute Gasteiger partial charge is 0.123 e. The van der Waals surface area contributed by atoms with E-state index in [9.17, 15) is 4.39 Å². The topological polar surface area (TPSA) is 24.3 Å². The van der Waals surface area contributed by atoms with E-state index in [0.29, 0.717) is 10.0 Å². The van der Waals surface area contributed by atoms with Crippen molar-refractivity contribution in [3.05, 3.63) is 100 Å². The van der Waals surface area contributed by atoms with Crippen LogP contribution in [0.25, 0.3) is 16.9 Å². The monoisotopic (exact) mass is 508 g/mol. The Balaban J connectivity index is 1.21. The van der Waals surface area contributed by atoms with Crippen LogP contribution >= 0.6 is 23.2 Å². The lowest BCUT2D eigenvalue weighted by Crippen LogP contribution is -2.46. The van der Waals surface area contributed by atoms with Crippen LogP contribution in [-0.4, -0.2) is 47.4 Å². The molecule has 3 aromatic carbocycles. The summed E-state index contributed by atoms with van der Waals surface area (Å²) < 4.78 is 15.4. The average Bonchev–Trinajstić information content (AvgIpc) is 3.31. The quantitative estimate of drug-likeness (QED) is 0.276. The number of aryl methyl sites for hydroxylation is 1. The molecule has 0 N–H and O–H groups in total. The summed E-state index contributed by atoms with van der Waals surface area (Å²) in [5, 5.41) is 6.09. The van der Waals surface area contributed by atoms with Crippen LogP contribution in [0.2, 0.25) is 10.0 Å². The number of aromatic nitrogens is 2. The van der Waals surface area contributed by atoms with Crippen molar-refractivity contribution in [2.24, 2.45) is 0 Å². The second kappa shape index (κ2) is 10.8. The predicted octanol–water partition coefficient (Wildman–Crippen LogP) is 6.74. The molecule has 180 valence electrons. The van der Waals surface area contributed by atoms with Gasteiger partial charge in [-0.3, -0.25) is 4.90 Å². The first-order chi connectivity index (χ1) is 17.1. The number of hydrogen-bond acceptors (Lipinski definition) is 3. The van der Waals surface area contributed by atoms with Gasteiger partial charge in [-0.2, -0.15) is 5.10 Å². The Bertz CT molecular complexity index is 1270. The van der Waals surface area contributed by atoms with Crippen LogP contribution < -0.4 is 4.90 Å². The number of halogens is 3. The van der Waals surface area contributed by atoms with Gasteiger partial charge in [-0.1, -0.05) is 41.4 Å². The first-order valence-corrected chi connectivity index (χ1v) is 12.6. The van der Waals surface area contributed by atoms with Crippen molar-refractivity contribution in [3.8, 4) is 16.9 Å². The summed E-state index contributed by atoms with van der Waals surface area (Å²) in [5.41, 5.74) is 5.09. The normalized spacial score (nSPS) is 14.4. The lowest BCUT2D eigenvalue weighted by atomic mass is 10.1. The van der Waals surface area contributed by atoms with Crippen LogP contribution in [0, 0.1) is 5.82 Å². The number of hydrogen-bond donors (Lipinski definition) is 0. The van der Waals surface area contributed by atoms with Gasteiger partial charge >= 0.3 is 0 Å². The zero-order valence-electron chi connectivity index (χ0n) is 19.4. The molecule has 1 aromatic heterocycles. The van der Waals surface area contributed by atoms with Crippen molar-refractivity contribution in [2.45, 2.75) is 12.8 Å². The van der Waals surface area contributed by atoms with E-state index in [0.717, 1.165) is 73.9 Å². The summed E-state index contributed by atoms with van der Waals surface area (Å²) in [7, 11) is 0. The lowest BCUT2D eigenvalue weighted by Gasteiger charge is -2.36. The minimum Gasteiger partial charge on any atom is -0.369 e. The molecule has 0 amide bonds. The van der Waals surface area contributed by atoms with E-state index in [1.54, 1.807) is 0 Å². The van der Waals surface area contributed by atoms with Crippen molar-refractivity contribution in [2.75, 3.05) is 37.6 Å². The van der Waals surface area contributed by atoms with Gasteiger partial charge in [0.15, 0.2) is 0 Å². The summed E-state index contributed by atoms with van der Waals surface area (Å²) in [6.07, 6.45) is 1.92. The van der Waals surface area contributed by atoms with E-state index >= 15 is 0 Å². The average molecular weight is 509 g/mol. The van der Waals surface area contributed by atoms with Gasteiger partial charge in [0.05, 0.1) is 27.1 Å². The molecular formula is C28H27Cl2FN4. The van der Waals surface area contributed by atoms with Crippen molar-refractivity contribution in [1.82, 2.24) is 14.7 Å². The van der Waals surface area contributed by atoms with Crippen LogP contribution in [0.15, 0.2) is 78.9 Å². The summed E-state index contributed by atoms with van der Waals surface area (Å²) in [6.45, 7) is 4.99. The molecule has 4 nitrogen and oxygen atoms in total. The van der Waals surface area contributed by atoms with Crippen LogP contribution in [0.4, 0.5) is 10.1 Å². The Kier molecular flexibility index (Phi) is 7.37. The molecule has 0 atom stereocenters. The number of benzene rings is 3. The molecule has 35 heavy (non-hydrogen) atoms. The first kappa shape index (κ1) is 23.9. The molecule has 0 spiro atoms. The molecule has 1 fully saturated rings. The summed E-state index contributed by atoms with van der Waals surface area (Å²) in [4.78, 5) is 4.86. The molecule has 0 aliphatic carbocycles. The molecular weight excluding hydrogens is 482 g/mol. The van der Waals surface area contributed by atoms with E-state index in [4.69, 9.17) is 28.3 Å². The molecule has 0 radical (unpaired) electrons. The second-order valence-corrected chi connectivity index (χ2v) is 9.62. The van der Waals surface area contributed by atoms with Gasteiger partial charge in [0.25, 0.3) is 0 Å². The maximum Gasteiger partial charge on any atom is 0.123 e. The Morgan fingerprint density at radius 3 is 2.23 bits per heavy atom. The predicted molar refractivity (Wildman–Crippen MR) is 142 cm³/mol. The Morgan fingerprint density at radius 1 is 0.771 bits per heavy atom. The highest BCUT2D eigenvalue weighted by Crippen LogP contribution is 2.28. The molecule has 0 saturated carbocycles. The van der Waals surface area contributed by atoms with E-state index in [1.807, 2.05) is 65.3 Å². The highest BCUT2D eigenvalue weighted by atomic mass is 35.5. The number of anilines is 1. The van der Waals surface area contributed by atoms with Gasteiger partial charge in [0.1, 0.15) is 5.82 Å². The molecule has 2 heterocycles. The van der Waals surface area contributed by atoms with E-state index in [2.05, 4.69) is 15.9 Å². The van der Waals surface area contributed by atoms with E-state index in [1.165, 1.54) is 12.1 Å². The molecule has 0 unspecified atom stereocenters. The van der Waals surface area contributed by atoms with Crippen molar-refractivity contribution in [3.63, 3.8) is 0 Å².